The first kappa shape index (κ1) is 17.1. The Hall–Kier alpha value is -0.990. The molecule has 0 spiro atoms. The molecule has 0 saturated heterocycles. The molecule has 0 saturated carbocycles. The molecule has 0 heterocycles. The van der Waals surface area contributed by atoms with Crippen LogP contribution in [0.15, 0.2) is 24.3 Å². The summed E-state index contributed by atoms with van der Waals surface area (Å²) in [6, 6.07) is 7.25. The summed E-state index contributed by atoms with van der Waals surface area (Å²) in [6.07, 6.45) is 0. The Bertz CT molecular complexity index is 491. The lowest BCUT2D eigenvalue weighted by molar-refractivity contribution is 0.0736. The topological polar surface area (TPSA) is 90.6 Å². The summed E-state index contributed by atoms with van der Waals surface area (Å²) in [5.41, 5.74) is 7.16. The molecule has 0 aliphatic heterocycles. The number of benzene rings is 1. The third-order valence-electron chi connectivity index (χ3n) is 2.68. The first-order valence-corrected chi connectivity index (χ1v) is 8.05. The summed E-state index contributed by atoms with van der Waals surface area (Å²) in [5.74, 6) is -0.0710. The number of methoxy groups -OCH3 is 1. The Morgan fingerprint density at radius 2 is 1.85 bits per heavy atom. The second kappa shape index (κ2) is 9.04. The average molecular weight is 302 g/mol. The highest BCUT2D eigenvalue weighted by atomic mass is 32.2. The fraction of sp³-hybridized carbons (Fsp3) is 0.538. The van der Waals surface area contributed by atoms with Crippen molar-refractivity contribution in [3.05, 3.63) is 35.4 Å². The molecule has 0 bridgehead atoms. The standard InChI is InChI=1S/C13H22N2O4S/c1-18-8-9-19-7-6-15-20(16,17)11-13-5-3-2-4-12(13)10-14/h2-5,15H,6-11,14H2,1H3. The fourth-order valence-electron chi connectivity index (χ4n) is 1.67. The minimum absolute atomic E-state index is 0.0710. The zero-order valence-electron chi connectivity index (χ0n) is 11.7. The molecule has 20 heavy (non-hydrogen) atoms. The zero-order valence-corrected chi connectivity index (χ0v) is 12.5. The van der Waals surface area contributed by atoms with E-state index in [9.17, 15) is 8.42 Å². The fourth-order valence-corrected chi connectivity index (χ4v) is 2.85. The Kier molecular flexibility index (Phi) is 7.71. The molecule has 0 aliphatic carbocycles. The SMILES string of the molecule is COCCOCCNS(=O)(=O)Cc1ccccc1CN. The Morgan fingerprint density at radius 3 is 2.50 bits per heavy atom. The zero-order chi connectivity index (χ0) is 14.8. The van der Waals surface area contributed by atoms with Crippen LogP contribution in [-0.4, -0.2) is 41.9 Å². The number of nitrogens with two attached hydrogens (primary N) is 1. The molecule has 6 nitrogen and oxygen atoms in total. The second-order valence-corrected chi connectivity index (χ2v) is 6.04. The molecule has 1 aromatic carbocycles. The van der Waals surface area contributed by atoms with E-state index in [2.05, 4.69) is 4.72 Å². The van der Waals surface area contributed by atoms with Gasteiger partial charge in [-0.15, -0.1) is 0 Å². The highest BCUT2D eigenvalue weighted by Gasteiger charge is 2.12. The van der Waals surface area contributed by atoms with Crippen molar-refractivity contribution < 1.29 is 17.9 Å². The molecule has 114 valence electrons. The Labute approximate surface area is 120 Å². The predicted molar refractivity (Wildman–Crippen MR) is 77.7 cm³/mol. The van der Waals surface area contributed by atoms with E-state index in [0.717, 1.165) is 11.1 Å². The van der Waals surface area contributed by atoms with Crippen LogP contribution in [0.1, 0.15) is 11.1 Å². The van der Waals surface area contributed by atoms with Gasteiger partial charge in [-0.05, 0) is 11.1 Å². The van der Waals surface area contributed by atoms with Crippen LogP contribution in [0, 0.1) is 0 Å². The Morgan fingerprint density at radius 1 is 1.15 bits per heavy atom. The molecule has 3 N–H and O–H groups in total. The van der Waals surface area contributed by atoms with Gasteiger partial charge in [0.15, 0.2) is 0 Å². The van der Waals surface area contributed by atoms with E-state index < -0.39 is 10.0 Å². The average Bonchev–Trinajstić information content (AvgIpc) is 2.43. The summed E-state index contributed by atoms with van der Waals surface area (Å²) in [4.78, 5) is 0. The van der Waals surface area contributed by atoms with E-state index in [0.29, 0.717) is 26.4 Å². The van der Waals surface area contributed by atoms with Crippen molar-refractivity contribution in [2.75, 3.05) is 33.5 Å². The molecule has 0 fully saturated rings. The van der Waals surface area contributed by atoms with Crippen LogP contribution >= 0.6 is 0 Å². The van der Waals surface area contributed by atoms with E-state index >= 15 is 0 Å². The van der Waals surface area contributed by atoms with Crippen LogP contribution < -0.4 is 10.5 Å². The van der Waals surface area contributed by atoms with Gasteiger partial charge in [0, 0.05) is 20.2 Å². The maximum absolute atomic E-state index is 11.9. The molecule has 0 aromatic heterocycles. The quantitative estimate of drug-likeness (QED) is 0.604. The van der Waals surface area contributed by atoms with Gasteiger partial charge in [0.1, 0.15) is 0 Å². The van der Waals surface area contributed by atoms with Crippen molar-refractivity contribution in [1.82, 2.24) is 4.72 Å². The second-order valence-electron chi connectivity index (χ2n) is 4.23. The third kappa shape index (κ3) is 6.44. The van der Waals surface area contributed by atoms with Crippen molar-refractivity contribution in [2.45, 2.75) is 12.3 Å². The third-order valence-corrected chi connectivity index (χ3v) is 4.02. The first-order chi connectivity index (χ1) is 9.59. The number of sulfonamides is 1. The molecular weight excluding hydrogens is 280 g/mol. The van der Waals surface area contributed by atoms with Crippen LogP contribution in [0.3, 0.4) is 0 Å². The summed E-state index contributed by atoms with van der Waals surface area (Å²) < 4.78 is 36.4. The maximum Gasteiger partial charge on any atom is 0.215 e. The van der Waals surface area contributed by atoms with Gasteiger partial charge < -0.3 is 15.2 Å². The van der Waals surface area contributed by atoms with E-state index in [4.69, 9.17) is 15.2 Å². The van der Waals surface area contributed by atoms with E-state index in [1.165, 1.54) is 0 Å². The number of ether oxygens (including phenoxy) is 2. The lowest BCUT2D eigenvalue weighted by Crippen LogP contribution is -2.29. The highest BCUT2D eigenvalue weighted by Crippen LogP contribution is 2.11. The van der Waals surface area contributed by atoms with E-state index in [1.807, 2.05) is 12.1 Å². The van der Waals surface area contributed by atoms with Gasteiger partial charge in [0.2, 0.25) is 10.0 Å². The monoisotopic (exact) mass is 302 g/mol. The van der Waals surface area contributed by atoms with E-state index in [-0.39, 0.29) is 12.3 Å². The van der Waals surface area contributed by atoms with E-state index in [1.54, 1.807) is 19.2 Å². The van der Waals surface area contributed by atoms with Crippen LogP contribution in [-0.2, 0) is 31.8 Å². The van der Waals surface area contributed by atoms with Crippen molar-refractivity contribution >= 4 is 10.0 Å². The van der Waals surface area contributed by atoms with Gasteiger partial charge in [-0.1, -0.05) is 24.3 Å². The number of hydrogen-bond acceptors (Lipinski definition) is 5. The molecule has 1 rings (SSSR count). The highest BCUT2D eigenvalue weighted by molar-refractivity contribution is 7.88. The summed E-state index contributed by atoms with van der Waals surface area (Å²) in [5, 5.41) is 0. The molecule has 0 aliphatic rings. The molecule has 1 aromatic rings. The summed E-state index contributed by atoms with van der Waals surface area (Å²) in [6.45, 7) is 1.84. The maximum atomic E-state index is 11.9. The lowest BCUT2D eigenvalue weighted by atomic mass is 10.1. The molecule has 0 unspecified atom stereocenters. The first-order valence-electron chi connectivity index (χ1n) is 6.40. The smallest absolute Gasteiger partial charge is 0.215 e. The number of nitrogens with one attached hydrogen (secondary N) is 1. The van der Waals surface area contributed by atoms with Crippen LogP contribution in [0.25, 0.3) is 0 Å². The molecule has 0 amide bonds. The van der Waals surface area contributed by atoms with Crippen molar-refractivity contribution in [2.24, 2.45) is 5.73 Å². The minimum atomic E-state index is -3.38. The number of hydrogen-bond donors (Lipinski definition) is 2. The Balaban J connectivity index is 2.41. The van der Waals surface area contributed by atoms with Gasteiger partial charge in [-0.25, -0.2) is 13.1 Å². The molecular formula is C13H22N2O4S. The van der Waals surface area contributed by atoms with Crippen LogP contribution in [0.2, 0.25) is 0 Å². The van der Waals surface area contributed by atoms with Crippen LogP contribution in [0.5, 0.6) is 0 Å². The summed E-state index contributed by atoms with van der Waals surface area (Å²) in [7, 11) is -1.79. The van der Waals surface area contributed by atoms with Crippen molar-refractivity contribution in [3.8, 4) is 0 Å². The summed E-state index contributed by atoms with van der Waals surface area (Å²) >= 11 is 0. The van der Waals surface area contributed by atoms with Gasteiger partial charge in [0.05, 0.1) is 25.6 Å². The predicted octanol–water partition coefficient (Wildman–Crippen LogP) is 0.228. The van der Waals surface area contributed by atoms with Gasteiger partial charge in [-0.2, -0.15) is 0 Å². The minimum Gasteiger partial charge on any atom is -0.382 e. The molecule has 0 radical (unpaired) electrons. The van der Waals surface area contributed by atoms with Gasteiger partial charge in [-0.3, -0.25) is 0 Å². The van der Waals surface area contributed by atoms with Crippen molar-refractivity contribution in [1.29, 1.82) is 0 Å². The lowest BCUT2D eigenvalue weighted by Gasteiger charge is -2.10. The van der Waals surface area contributed by atoms with Gasteiger partial charge in [0.25, 0.3) is 0 Å². The van der Waals surface area contributed by atoms with Gasteiger partial charge >= 0.3 is 0 Å². The number of rotatable bonds is 10. The van der Waals surface area contributed by atoms with Crippen LogP contribution in [0.4, 0.5) is 0 Å². The normalized spacial score (nSPS) is 11.7. The molecule has 7 heteroatoms. The van der Waals surface area contributed by atoms with Crippen molar-refractivity contribution in [3.63, 3.8) is 0 Å². The molecule has 0 atom stereocenters. The largest absolute Gasteiger partial charge is 0.382 e.